The minimum atomic E-state index is -0.0339. The number of hydrogen-bond donors (Lipinski definition) is 1. The summed E-state index contributed by atoms with van der Waals surface area (Å²) in [6, 6.07) is 0. The second-order valence-corrected chi connectivity index (χ2v) is 1.75. The first-order chi connectivity index (χ1) is 3.77. The standard InChI is InChI=1S/C6H11NO.ClH/c1-7(2)5-3-4-6-8;/h8H,5-6H2,1-2H3;1H. The summed E-state index contributed by atoms with van der Waals surface area (Å²) in [5, 5.41) is 8.19. The zero-order chi connectivity index (χ0) is 6.41. The Morgan fingerprint density at radius 3 is 2.22 bits per heavy atom. The molecule has 0 spiro atoms. The average molecular weight is 150 g/mol. The Labute approximate surface area is 62.3 Å². The van der Waals surface area contributed by atoms with Gasteiger partial charge in [-0.15, -0.1) is 12.4 Å². The summed E-state index contributed by atoms with van der Waals surface area (Å²) < 4.78 is 0. The van der Waals surface area contributed by atoms with Gasteiger partial charge >= 0.3 is 0 Å². The Morgan fingerprint density at radius 1 is 1.33 bits per heavy atom. The van der Waals surface area contributed by atoms with E-state index in [4.69, 9.17) is 5.11 Å². The summed E-state index contributed by atoms with van der Waals surface area (Å²) in [7, 11) is 3.87. The highest BCUT2D eigenvalue weighted by molar-refractivity contribution is 5.85. The molecule has 0 aromatic heterocycles. The summed E-state index contributed by atoms with van der Waals surface area (Å²) in [6.07, 6.45) is 0. The van der Waals surface area contributed by atoms with Gasteiger partial charge in [0.2, 0.25) is 0 Å². The number of aliphatic hydroxyl groups is 1. The molecule has 0 atom stereocenters. The van der Waals surface area contributed by atoms with Crippen LogP contribution in [0.1, 0.15) is 0 Å². The second-order valence-electron chi connectivity index (χ2n) is 1.75. The lowest BCUT2D eigenvalue weighted by Gasteiger charge is -2.00. The van der Waals surface area contributed by atoms with Gasteiger partial charge in [-0.05, 0) is 14.1 Å². The van der Waals surface area contributed by atoms with E-state index in [0.29, 0.717) is 0 Å². The molecule has 0 aliphatic carbocycles. The molecule has 0 rings (SSSR count). The number of hydrogen-bond acceptors (Lipinski definition) is 2. The van der Waals surface area contributed by atoms with E-state index in [0.717, 1.165) is 6.54 Å². The molecule has 0 saturated heterocycles. The molecular weight excluding hydrogens is 138 g/mol. The minimum Gasteiger partial charge on any atom is -0.384 e. The van der Waals surface area contributed by atoms with Crippen LogP contribution in [0.4, 0.5) is 0 Å². The Bertz CT molecular complexity index is 103. The van der Waals surface area contributed by atoms with Crippen LogP contribution in [0.5, 0.6) is 0 Å². The van der Waals surface area contributed by atoms with Gasteiger partial charge in [0.05, 0.1) is 6.54 Å². The molecule has 54 valence electrons. The summed E-state index contributed by atoms with van der Waals surface area (Å²) in [5.74, 6) is 5.30. The second kappa shape index (κ2) is 7.77. The van der Waals surface area contributed by atoms with E-state index in [1.54, 1.807) is 0 Å². The lowest BCUT2D eigenvalue weighted by Crippen LogP contribution is -2.10. The molecule has 9 heavy (non-hydrogen) atoms. The van der Waals surface area contributed by atoms with Crippen LogP contribution in [0.2, 0.25) is 0 Å². The third-order valence-corrected chi connectivity index (χ3v) is 0.599. The van der Waals surface area contributed by atoms with Crippen LogP contribution < -0.4 is 0 Å². The SMILES string of the molecule is CN(C)CC#CCO.Cl. The lowest BCUT2D eigenvalue weighted by molar-refractivity contribution is 0.350. The van der Waals surface area contributed by atoms with Crippen LogP contribution in [0, 0.1) is 11.8 Å². The first kappa shape index (κ1) is 11.6. The van der Waals surface area contributed by atoms with Crippen LogP contribution in [0.25, 0.3) is 0 Å². The van der Waals surface area contributed by atoms with Gasteiger partial charge in [0.1, 0.15) is 6.61 Å². The molecule has 3 heteroatoms. The molecule has 0 unspecified atom stereocenters. The number of nitrogens with zero attached hydrogens (tertiary/aromatic N) is 1. The number of halogens is 1. The molecule has 0 amide bonds. The molecular formula is C6H12ClNO. The Balaban J connectivity index is 0. The van der Waals surface area contributed by atoms with E-state index >= 15 is 0 Å². The normalized spacial score (nSPS) is 7.56. The predicted octanol–water partition coefficient (Wildman–Crippen LogP) is -0.0345. The molecule has 0 radical (unpaired) electrons. The van der Waals surface area contributed by atoms with E-state index < -0.39 is 0 Å². The topological polar surface area (TPSA) is 23.5 Å². The van der Waals surface area contributed by atoms with Gasteiger partial charge in [-0.25, -0.2) is 0 Å². The van der Waals surface area contributed by atoms with Crippen LogP contribution in [-0.4, -0.2) is 37.3 Å². The van der Waals surface area contributed by atoms with Gasteiger partial charge in [0.25, 0.3) is 0 Å². The molecule has 0 bridgehead atoms. The van der Waals surface area contributed by atoms with Crippen LogP contribution in [-0.2, 0) is 0 Å². The Morgan fingerprint density at radius 2 is 1.89 bits per heavy atom. The van der Waals surface area contributed by atoms with Crippen molar-refractivity contribution >= 4 is 12.4 Å². The van der Waals surface area contributed by atoms with Crippen molar-refractivity contribution in [1.82, 2.24) is 4.90 Å². The van der Waals surface area contributed by atoms with E-state index in [1.165, 1.54) is 0 Å². The van der Waals surface area contributed by atoms with Gasteiger partial charge in [-0.1, -0.05) is 11.8 Å². The maximum atomic E-state index is 8.19. The minimum absolute atomic E-state index is 0. The maximum Gasteiger partial charge on any atom is 0.104 e. The van der Waals surface area contributed by atoms with Crippen molar-refractivity contribution in [2.75, 3.05) is 27.2 Å². The molecule has 0 fully saturated rings. The van der Waals surface area contributed by atoms with E-state index in [-0.39, 0.29) is 19.0 Å². The molecule has 2 nitrogen and oxygen atoms in total. The first-order valence-corrected chi connectivity index (χ1v) is 2.48. The van der Waals surface area contributed by atoms with E-state index in [2.05, 4.69) is 11.8 Å². The first-order valence-electron chi connectivity index (χ1n) is 2.48. The third-order valence-electron chi connectivity index (χ3n) is 0.599. The quantitative estimate of drug-likeness (QED) is 0.530. The van der Waals surface area contributed by atoms with Crippen molar-refractivity contribution in [3.63, 3.8) is 0 Å². The van der Waals surface area contributed by atoms with Crippen molar-refractivity contribution in [2.24, 2.45) is 0 Å². The van der Waals surface area contributed by atoms with Gasteiger partial charge < -0.3 is 5.11 Å². The molecule has 0 heterocycles. The summed E-state index contributed by atoms with van der Waals surface area (Å²) in [6.45, 7) is 0.689. The van der Waals surface area contributed by atoms with Crippen molar-refractivity contribution in [2.45, 2.75) is 0 Å². The highest BCUT2D eigenvalue weighted by Crippen LogP contribution is 1.67. The zero-order valence-corrected chi connectivity index (χ0v) is 6.53. The fourth-order valence-electron chi connectivity index (χ4n) is 0.270. The molecule has 0 aliphatic rings. The Hall–Kier alpha value is -0.230. The van der Waals surface area contributed by atoms with Gasteiger partial charge in [0, 0.05) is 0 Å². The largest absolute Gasteiger partial charge is 0.384 e. The van der Waals surface area contributed by atoms with Crippen molar-refractivity contribution in [3.05, 3.63) is 0 Å². The van der Waals surface area contributed by atoms with Crippen LogP contribution in [0.15, 0.2) is 0 Å². The van der Waals surface area contributed by atoms with Crippen molar-refractivity contribution < 1.29 is 5.11 Å². The Kier molecular flexibility index (Phi) is 9.97. The lowest BCUT2D eigenvalue weighted by atomic mass is 10.5. The number of aliphatic hydroxyl groups excluding tert-OH is 1. The van der Waals surface area contributed by atoms with Crippen molar-refractivity contribution in [1.29, 1.82) is 0 Å². The number of rotatable bonds is 1. The maximum absolute atomic E-state index is 8.19. The predicted molar refractivity (Wildman–Crippen MR) is 40.7 cm³/mol. The van der Waals surface area contributed by atoms with E-state index in [1.807, 2.05) is 19.0 Å². The molecule has 0 aromatic carbocycles. The van der Waals surface area contributed by atoms with Crippen molar-refractivity contribution in [3.8, 4) is 11.8 Å². The van der Waals surface area contributed by atoms with Gasteiger partial charge in [-0.3, -0.25) is 4.90 Å². The average Bonchev–Trinajstić information content (AvgIpc) is 1.66. The van der Waals surface area contributed by atoms with Crippen LogP contribution in [0.3, 0.4) is 0 Å². The zero-order valence-electron chi connectivity index (χ0n) is 5.72. The van der Waals surface area contributed by atoms with Crippen LogP contribution >= 0.6 is 12.4 Å². The molecule has 0 saturated carbocycles. The van der Waals surface area contributed by atoms with E-state index in [9.17, 15) is 0 Å². The molecule has 1 N–H and O–H groups in total. The highest BCUT2D eigenvalue weighted by Gasteiger charge is 1.77. The smallest absolute Gasteiger partial charge is 0.104 e. The fourth-order valence-corrected chi connectivity index (χ4v) is 0.270. The molecule has 0 aromatic rings. The summed E-state index contributed by atoms with van der Waals surface area (Å²) in [5.41, 5.74) is 0. The highest BCUT2D eigenvalue weighted by atomic mass is 35.5. The summed E-state index contributed by atoms with van der Waals surface area (Å²) >= 11 is 0. The van der Waals surface area contributed by atoms with Gasteiger partial charge in [-0.2, -0.15) is 0 Å². The monoisotopic (exact) mass is 149 g/mol. The summed E-state index contributed by atoms with van der Waals surface area (Å²) in [4.78, 5) is 1.95. The third kappa shape index (κ3) is 11.4. The molecule has 0 aliphatic heterocycles. The fraction of sp³-hybridized carbons (Fsp3) is 0.667. The van der Waals surface area contributed by atoms with Gasteiger partial charge in [0.15, 0.2) is 0 Å².